The van der Waals surface area contributed by atoms with Gasteiger partial charge in [0.15, 0.2) is 0 Å². The molecule has 0 amide bonds. The number of halogens is 1. The van der Waals surface area contributed by atoms with Gasteiger partial charge >= 0.3 is 0 Å². The molecule has 0 heterocycles. The van der Waals surface area contributed by atoms with Crippen LogP contribution in [-0.4, -0.2) is 23.6 Å². The minimum Gasteiger partial charge on any atom is -0.372 e. The number of hydrogen-bond donors (Lipinski definition) is 2. The van der Waals surface area contributed by atoms with Gasteiger partial charge in [0.1, 0.15) is 12.1 Å². The Balaban J connectivity index is 4.41. The third-order valence-electron chi connectivity index (χ3n) is 1.95. The van der Waals surface area contributed by atoms with Crippen molar-refractivity contribution in [1.29, 1.82) is 0 Å². The lowest BCUT2D eigenvalue weighted by Crippen LogP contribution is -2.21. The van der Waals surface area contributed by atoms with Crippen molar-refractivity contribution < 1.29 is 9.50 Å². The van der Waals surface area contributed by atoms with Gasteiger partial charge in [-0.05, 0) is 6.42 Å². The van der Waals surface area contributed by atoms with E-state index in [1.807, 2.05) is 13.8 Å². The third kappa shape index (κ3) is 4.15. The summed E-state index contributed by atoms with van der Waals surface area (Å²) in [5, 5.41) is 9.42. The highest BCUT2D eigenvalue weighted by Crippen LogP contribution is 2.10. The van der Waals surface area contributed by atoms with E-state index in [9.17, 15) is 9.50 Å². The van der Waals surface area contributed by atoms with Crippen LogP contribution in [-0.2, 0) is 0 Å². The lowest BCUT2D eigenvalue weighted by Gasteiger charge is -2.13. The average molecular weight is 188 g/mol. The highest BCUT2D eigenvalue weighted by Gasteiger charge is 2.12. The monoisotopic (exact) mass is 188 g/mol. The molecule has 3 N–H and O–H groups in total. The smallest absolute Gasteiger partial charge is 0.148 e. The number of rotatable bonds is 5. The second kappa shape index (κ2) is 5.83. The van der Waals surface area contributed by atoms with Gasteiger partial charge in [-0.1, -0.05) is 20.4 Å². The molecule has 0 aliphatic heterocycles. The molecule has 0 saturated carbocycles. The Morgan fingerprint density at radius 3 is 2.54 bits per heavy atom. The molecule has 0 fully saturated rings. The summed E-state index contributed by atoms with van der Waals surface area (Å²) >= 11 is 0. The predicted molar refractivity (Wildman–Crippen MR) is 52.2 cm³/mol. The maximum atomic E-state index is 12.6. The Morgan fingerprint density at radius 2 is 2.23 bits per heavy atom. The molecule has 76 valence electrons. The first-order valence-corrected chi connectivity index (χ1v) is 4.32. The van der Waals surface area contributed by atoms with Gasteiger partial charge in [-0.3, -0.25) is 4.99 Å². The third-order valence-corrected chi connectivity index (χ3v) is 1.95. The molecule has 0 spiro atoms. The van der Waals surface area contributed by atoms with Crippen molar-refractivity contribution in [3.8, 4) is 0 Å². The van der Waals surface area contributed by atoms with Gasteiger partial charge in [-0.15, -0.1) is 0 Å². The second-order valence-corrected chi connectivity index (χ2v) is 2.98. The van der Waals surface area contributed by atoms with Crippen LogP contribution >= 0.6 is 0 Å². The van der Waals surface area contributed by atoms with Crippen LogP contribution in [0.3, 0.4) is 0 Å². The van der Waals surface area contributed by atoms with Crippen molar-refractivity contribution in [2.75, 3.05) is 6.54 Å². The molecule has 2 unspecified atom stereocenters. The summed E-state index contributed by atoms with van der Waals surface area (Å²) < 4.78 is 12.6. The van der Waals surface area contributed by atoms with Gasteiger partial charge in [-0.2, -0.15) is 0 Å². The molecule has 0 bridgehead atoms. The Bertz CT molecular complexity index is 204. The summed E-state index contributed by atoms with van der Waals surface area (Å²) in [5.41, 5.74) is 5.26. The number of aliphatic imine (C=N–C) groups is 1. The molecule has 0 aliphatic carbocycles. The standard InChI is InChI=1S/C9H17FN2O/c1-4-6(2)9(13)12-8(5-11)7(3)10/h6,9,13H,3-5,11H2,1-2H3/b12-8-. The van der Waals surface area contributed by atoms with E-state index < -0.39 is 12.1 Å². The van der Waals surface area contributed by atoms with Crippen molar-refractivity contribution in [1.82, 2.24) is 0 Å². The van der Waals surface area contributed by atoms with Crippen LogP contribution in [0.4, 0.5) is 4.39 Å². The van der Waals surface area contributed by atoms with Crippen molar-refractivity contribution in [2.24, 2.45) is 16.6 Å². The Labute approximate surface area is 78.2 Å². The van der Waals surface area contributed by atoms with Gasteiger partial charge in [0.2, 0.25) is 0 Å². The van der Waals surface area contributed by atoms with E-state index in [0.29, 0.717) is 0 Å². The van der Waals surface area contributed by atoms with E-state index in [0.717, 1.165) is 6.42 Å². The Kier molecular flexibility index (Phi) is 5.50. The second-order valence-electron chi connectivity index (χ2n) is 2.98. The van der Waals surface area contributed by atoms with E-state index in [-0.39, 0.29) is 18.2 Å². The molecule has 0 aliphatic rings. The molecule has 0 radical (unpaired) electrons. The first-order chi connectivity index (χ1) is 6.02. The van der Waals surface area contributed by atoms with Gasteiger partial charge in [0.25, 0.3) is 0 Å². The van der Waals surface area contributed by atoms with Gasteiger partial charge in [-0.25, -0.2) is 4.39 Å². The molecule has 4 heteroatoms. The zero-order chi connectivity index (χ0) is 10.4. The lowest BCUT2D eigenvalue weighted by atomic mass is 10.1. The van der Waals surface area contributed by atoms with Crippen LogP contribution in [0.1, 0.15) is 20.3 Å². The normalized spacial score (nSPS) is 16.8. The number of aliphatic hydroxyl groups is 1. The summed E-state index contributed by atoms with van der Waals surface area (Å²) in [6.07, 6.45) is -0.113. The summed E-state index contributed by atoms with van der Waals surface area (Å²) in [7, 11) is 0. The van der Waals surface area contributed by atoms with E-state index in [1.165, 1.54) is 0 Å². The number of nitrogens with zero attached hydrogens (tertiary/aromatic N) is 1. The number of nitrogens with two attached hydrogens (primary N) is 1. The first kappa shape index (κ1) is 12.3. The summed E-state index contributed by atoms with van der Waals surface area (Å²) in [6, 6.07) is 0. The minimum atomic E-state index is -0.893. The zero-order valence-electron chi connectivity index (χ0n) is 8.13. The van der Waals surface area contributed by atoms with Gasteiger partial charge in [0, 0.05) is 12.5 Å². The van der Waals surface area contributed by atoms with Crippen LogP contribution in [0, 0.1) is 5.92 Å². The fraction of sp³-hybridized carbons (Fsp3) is 0.667. The highest BCUT2D eigenvalue weighted by atomic mass is 19.1. The molecule has 0 saturated heterocycles. The molecule has 0 aromatic heterocycles. The largest absolute Gasteiger partial charge is 0.372 e. The quantitative estimate of drug-likeness (QED) is 0.637. The lowest BCUT2D eigenvalue weighted by molar-refractivity contribution is 0.123. The summed E-state index contributed by atoms with van der Waals surface area (Å²) in [6.45, 7) is 6.80. The fourth-order valence-electron chi connectivity index (χ4n) is 0.731. The van der Waals surface area contributed by atoms with E-state index in [4.69, 9.17) is 5.73 Å². The van der Waals surface area contributed by atoms with Crippen molar-refractivity contribution >= 4 is 5.71 Å². The molecule has 13 heavy (non-hydrogen) atoms. The summed E-state index contributed by atoms with van der Waals surface area (Å²) in [4.78, 5) is 3.74. The number of aliphatic hydroxyl groups excluding tert-OH is 1. The molecule has 2 atom stereocenters. The summed E-state index contributed by atoms with van der Waals surface area (Å²) in [5.74, 6) is -0.675. The predicted octanol–water partition coefficient (Wildman–Crippen LogP) is 1.23. The van der Waals surface area contributed by atoms with Gasteiger partial charge < -0.3 is 10.8 Å². The Hall–Kier alpha value is -0.740. The van der Waals surface area contributed by atoms with Crippen LogP contribution in [0.25, 0.3) is 0 Å². The zero-order valence-corrected chi connectivity index (χ0v) is 8.13. The van der Waals surface area contributed by atoms with Crippen molar-refractivity contribution in [2.45, 2.75) is 26.5 Å². The molecular formula is C9H17FN2O. The SMILES string of the molecule is C=C(F)/C(CN)=N\C(O)C(C)CC. The molecule has 3 nitrogen and oxygen atoms in total. The van der Waals surface area contributed by atoms with E-state index in [2.05, 4.69) is 11.6 Å². The maximum absolute atomic E-state index is 12.6. The van der Waals surface area contributed by atoms with Gasteiger partial charge in [0.05, 0.1) is 5.71 Å². The van der Waals surface area contributed by atoms with Crippen LogP contribution < -0.4 is 5.73 Å². The molecule has 0 aromatic rings. The molecular weight excluding hydrogens is 171 g/mol. The highest BCUT2D eigenvalue weighted by molar-refractivity contribution is 5.99. The maximum Gasteiger partial charge on any atom is 0.148 e. The van der Waals surface area contributed by atoms with Crippen molar-refractivity contribution in [3.05, 3.63) is 12.4 Å². The Morgan fingerprint density at radius 1 is 1.69 bits per heavy atom. The van der Waals surface area contributed by atoms with E-state index in [1.54, 1.807) is 0 Å². The van der Waals surface area contributed by atoms with E-state index >= 15 is 0 Å². The van der Waals surface area contributed by atoms with Crippen LogP contribution in [0.15, 0.2) is 17.4 Å². The molecule has 0 rings (SSSR count). The number of hydrogen-bond acceptors (Lipinski definition) is 3. The first-order valence-electron chi connectivity index (χ1n) is 4.32. The molecule has 0 aromatic carbocycles. The average Bonchev–Trinajstić information content (AvgIpc) is 2.11. The minimum absolute atomic E-state index is 0.000833. The fourth-order valence-corrected chi connectivity index (χ4v) is 0.731. The topological polar surface area (TPSA) is 58.6 Å². The van der Waals surface area contributed by atoms with Crippen LogP contribution in [0.5, 0.6) is 0 Å². The van der Waals surface area contributed by atoms with Crippen molar-refractivity contribution in [3.63, 3.8) is 0 Å². The van der Waals surface area contributed by atoms with Crippen LogP contribution in [0.2, 0.25) is 0 Å².